The van der Waals surface area contributed by atoms with Crippen LogP contribution in [0.5, 0.6) is 5.75 Å². The van der Waals surface area contributed by atoms with Gasteiger partial charge in [0.05, 0.1) is 4.90 Å². The minimum absolute atomic E-state index is 0.421. The van der Waals surface area contributed by atoms with Gasteiger partial charge in [0.15, 0.2) is 0 Å². The van der Waals surface area contributed by atoms with Gasteiger partial charge in [0.1, 0.15) is 5.75 Å². The van der Waals surface area contributed by atoms with Gasteiger partial charge >= 0.3 is 0 Å². The molecule has 1 aromatic rings. The molecule has 1 N–H and O–H groups in total. The molecule has 3 rings (SSSR count). The zero-order valence-corrected chi connectivity index (χ0v) is 12.6. The van der Waals surface area contributed by atoms with Gasteiger partial charge < -0.3 is 5.11 Å². The highest BCUT2D eigenvalue weighted by molar-refractivity contribution is 8.01. The Hall–Kier alpha value is -0.630. The number of hydrogen-bond donors (Lipinski definition) is 1. The third kappa shape index (κ3) is 2.40. The first-order valence-corrected chi connectivity index (χ1v) is 8.02. The molecule has 0 atom stereocenters. The van der Waals surface area contributed by atoms with Gasteiger partial charge in [-0.15, -0.1) is 11.8 Å². The molecule has 1 saturated carbocycles. The first-order valence-electron chi connectivity index (χ1n) is 7.21. The Morgan fingerprint density at radius 3 is 2.39 bits per heavy atom. The number of aromatic hydroxyl groups is 1. The van der Waals surface area contributed by atoms with Crippen molar-refractivity contribution < 1.29 is 5.11 Å². The standard InChI is InChI=1S/C14H18OS.C2H6/c1-10-5-6-12(15)13-11(10)9-14(16-13)7-3-2-4-8-14;1-2/h5-6,15H,2-4,7-9H2,1H3;1-2H3. The summed E-state index contributed by atoms with van der Waals surface area (Å²) in [6, 6.07) is 3.90. The minimum Gasteiger partial charge on any atom is -0.507 e. The van der Waals surface area contributed by atoms with Crippen molar-refractivity contribution >= 4 is 11.8 Å². The second-order valence-electron chi connectivity index (χ2n) is 5.23. The lowest BCUT2D eigenvalue weighted by atomic mass is 9.83. The van der Waals surface area contributed by atoms with E-state index in [9.17, 15) is 5.11 Å². The molecule has 0 aromatic heterocycles. The smallest absolute Gasteiger partial charge is 0.129 e. The maximum Gasteiger partial charge on any atom is 0.129 e. The van der Waals surface area contributed by atoms with Gasteiger partial charge in [-0.1, -0.05) is 39.2 Å². The van der Waals surface area contributed by atoms with Gasteiger partial charge in [-0.3, -0.25) is 0 Å². The van der Waals surface area contributed by atoms with Crippen molar-refractivity contribution in [3.05, 3.63) is 23.3 Å². The van der Waals surface area contributed by atoms with Crippen LogP contribution < -0.4 is 0 Å². The van der Waals surface area contributed by atoms with Crippen molar-refractivity contribution in [2.75, 3.05) is 0 Å². The predicted molar refractivity (Wildman–Crippen MR) is 79.6 cm³/mol. The van der Waals surface area contributed by atoms with E-state index in [1.807, 2.05) is 31.7 Å². The Labute approximate surface area is 115 Å². The fourth-order valence-corrected chi connectivity index (χ4v) is 4.77. The molecule has 1 heterocycles. The van der Waals surface area contributed by atoms with Gasteiger partial charge in [0.2, 0.25) is 0 Å². The summed E-state index contributed by atoms with van der Waals surface area (Å²) >= 11 is 1.95. The molecule has 1 fully saturated rings. The van der Waals surface area contributed by atoms with Gasteiger partial charge in [-0.05, 0) is 43.4 Å². The molecule has 0 bridgehead atoms. The highest BCUT2D eigenvalue weighted by atomic mass is 32.2. The highest BCUT2D eigenvalue weighted by Gasteiger charge is 2.40. The van der Waals surface area contributed by atoms with E-state index < -0.39 is 0 Å². The van der Waals surface area contributed by atoms with E-state index in [0.717, 1.165) is 0 Å². The van der Waals surface area contributed by atoms with Crippen LogP contribution in [0.15, 0.2) is 17.0 Å². The zero-order chi connectivity index (χ0) is 13.2. The van der Waals surface area contributed by atoms with E-state index in [1.165, 1.54) is 54.5 Å². The van der Waals surface area contributed by atoms with E-state index in [-0.39, 0.29) is 0 Å². The molecule has 1 aromatic carbocycles. The second-order valence-corrected chi connectivity index (χ2v) is 6.71. The van der Waals surface area contributed by atoms with Crippen LogP contribution in [0.25, 0.3) is 0 Å². The van der Waals surface area contributed by atoms with E-state index in [0.29, 0.717) is 10.5 Å². The summed E-state index contributed by atoms with van der Waals surface area (Å²) in [6.07, 6.45) is 7.94. The Balaban J connectivity index is 0.000000574. The SMILES string of the molecule is CC.Cc1ccc(O)c2c1CC1(CCCCC1)S2. The number of aryl methyl sites for hydroxylation is 1. The summed E-state index contributed by atoms with van der Waals surface area (Å²) in [6.45, 7) is 6.17. The molecule has 18 heavy (non-hydrogen) atoms. The predicted octanol–water partition coefficient (Wildman–Crippen LogP) is 5.08. The van der Waals surface area contributed by atoms with Crippen molar-refractivity contribution in [2.24, 2.45) is 0 Å². The van der Waals surface area contributed by atoms with Gasteiger partial charge in [-0.2, -0.15) is 0 Å². The molecule has 2 heteroatoms. The molecule has 0 radical (unpaired) electrons. The molecule has 1 aliphatic heterocycles. The van der Waals surface area contributed by atoms with Crippen molar-refractivity contribution in [3.63, 3.8) is 0 Å². The first-order chi connectivity index (χ1) is 8.70. The number of fused-ring (bicyclic) bond motifs is 1. The third-order valence-corrected chi connectivity index (χ3v) is 5.70. The Kier molecular flexibility index (Phi) is 4.26. The molecular weight excluding hydrogens is 240 g/mol. The lowest BCUT2D eigenvalue weighted by Crippen LogP contribution is -2.26. The highest BCUT2D eigenvalue weighted by Crippen LogP contribution is 2.55. The maximum absolute atomic E-state index is 9.95. The number of benzene rings is 1. The Morgan fingerprint density at radius 2 is 1.78 bits per heavy atom. The molecule has 0 unspecified atom stereocenters. The van der Waals surface area contributed by atoms with Crippen LogP contribution in [0.2, 0.25) is 0 Å². The van der Waals surface area contributed by atoms with Crippen LogP contribution in [0.1, 0.15) is 57.1 Å². The fraction of sp³-hybridized carbons (Fsp3) is 0.625. The molecule has 1 aliphatic carbocycles. The number of rotatable bonds is 0. The van der Waals surface area contributed by atoms with Gasteiger partial charge in [-0.25, -0.2) is 0 Å². The van der Waals surface area contributed by atoms with Crippen molar-refractivity contribution in [1.29, 1.82) is 0 Å². The largest absolute Gasteiger partial charge is 0.507 e. The third-order valence-electron chi connectivity index (χ3n) is 4.06. The van der Waals surface area contributed by atoms with Gasteiger partial charge in [0.25, 0.3) is 0 Å². The number of hydrogen-bond acceptors (Lipinski definition) is 2. The molecular formula is C16H24OS. The lowest BCUT2D eigenvalue weighted by Gasteiger charge is -2.32. The molecule has 100 valence electrons. The lowest BCUT2D eigenvalue weighted by molar-refractivity contribution is 0.400. The summed E-state index contributed by atoms with van der Waals surface area (Å²) in [7, 11) is 0. The van der Waals surface area contributed by atoms with Crippen LogP contribution in [-0.4, -0.2) is 9.85 Å². The quantitative estimate of drug-likeness (QED) is 0.705. The van der Waals surface area contributed by atoms with Crippen LogP contribution in [0.3, 0.4) is 0 Å². The second kappa shape index (κ2) is 5.56. The summed E-state index contributed by atoms with van der Waals surface area (Å²) in [5, 5.41) is 9.95. The monoisotopic (exact) mass is 264 g/mol. The molecule has 2 aliphatic rings. The van der Waals surface area contributed by atoms with Crippen LogP contribution in [-0.2, 0) is 6.42 Å². The average Bonchev–Trinajstić information content (AvgIpc) is 2.78. The van der Waals surface area contributed by atoms with E-state index >= 15 is 0 Å². The van der Waals surface area contributed by atoms with Crippen LogP contribution >= 0.6 is 11.8 Å². The molecule has 1 nitrogen and oxygen atoms in total. The maximum atomic E-state index is 9.95. The molecule has 1 spiro atoms. The molecule has 0 amide bonds. The number of phenolic OH excluding ortho intramolecular Hbond substituents is 1. The van der Waals surface area contributed by atoms with Crippen LogP contribution in [0, 0.1) is 6.92 Å². The Bertz CT molecular complexity index is 386. The van der Waals surface area contributed by atoms with Crippen molar-refractivity contribution in [1.82, 2.24) is 0 Å². The van der Waals surface area contributed by atoms with E-state index in [2.05, 4.69) is 13.0 Å². The Morgan fingerprint density at radius 1 is 1.11 bits per heavy atom. The number of thioether (sulfide) groups is 1. The zero-order valence-electron chi connectivity index (χ0n) is 11.8. The summed E-state index contributed by atoms with van der Waals surface area (Å²) < 4.78 is 0.421. The van der Waals surface area contributed by atoms with E-state index in [4.69, 9.17) is 0 Å². The van der Waals surface area contributed by atoms with Crippen molar-refractivity contribution in [2.45, 2.75) is 68.9 Å². The van der Waals surface area contributed by atoms with Gasteiger partial charge in [0, 0.05) is 4.75 Å². The average molecular weight is 264 g/mol. The summed E-state index contributed by atoms with van der Waals surface area (Å²) in [5.41, 5.74) is 2.76. The van der Waals surface area contributed by atoms with E-state index in [1.54, 1.807) is 0 Å². The summed E-state index contributed by atoms with van der Waals surface area (Å²) in [4.78, 5) is 1.17. The normalized spacial score (nSPS) is 20.2. The summed E-state index contributed by atoms with van der Waals surface area (Å²) in [5.74, 6) is 0.494. The topological polar surface area (TPSA) is 20.2 Å². The van der Waals surface area contributed by atoms with Crippen LogP contribution in [0.4, 0.5) is 0 Å². The molecule has 0 saturated heterocycles. The van der Waals surface area contributed by atoms with Crippen molar-refractivity contribution in [3.8, 4) is 5.75 Å². The fourth-order valence-electron chi connectivity index (χ4n) is 3.10. The number of phenols is 1. The first kappa shape index (κ1) is 13.8. The minimum atomic E-state index is 0.421.